The molecular weight excluding hydrogens is 357 g/mol. The van der Waals surface area contributed by atoms with Crippen molar-refractivity contribution in [3.63, 3.8) is 0 Å². The Kier molecular flexibility index (Phi) is 5.57. The molecule has 0 fully saturated rings. The molecule has 5 heteroatoms. The second kappa shape index (κ2) is 7.89. The van der Waals surface area contributed by atoms with Crippen LogP contribution in [0, 0.1) is 27.7 Å². The first-order valence-electron chi connectivity index (χ1n) is 8.82. The number of para-hydroxylation sites is 2. The molecular formula is C22H24NO3P. The van der Waals surface area contributed by atoms with E-state index >= 15 is 0 Å². The van der Waals surface area contributed by atoms with Gasteiger partial charge in [0, 0.05) is 5.69 Å². The number of benzene rings is 3. The topological polar surface area (TPSA) is 47.6 Å². The van der Waals surface area contributed by atoms with Crippen molar-refractivity contribution < 1.29 is 13.6 Å². The zero-order valence-corrected chi connectivity index (χ0v) is 16.9. The molecule has 3 aromatic rings. The lowest BCUT2D eigenvalue weighted by Crippen LogP contribution is -2.11. The maximum atomic E-state index is 13.7. The Morgan fingerprint density at radius 1 is 0.704 bits per heavy atom. The number of nitrogens with one attached hydrogen (secondary N) is 1. The van der Waals surface area contributed by atoms with Gasteiger partial charge in [-0.15, -0.1) is 0 Å². The van der Waals surface area contributed by atoms with Gasteiger partial charge in [0.1, 0.15) is 11.5 Å². The van der Waals surface area contributed by atoms with E-state index in [2.05, 4.69) is 5.09 Å². The van der Waals surface area contributed by atoms with E-state index < -0.39 is 7.75 Å². The zero-order valence-electron chi connectivity index (χ0n) is 16.0. The number of anilines is 1. The van der Waals surface area contributed by atoms with Crippen LogP contribution in [0.1, 0.15) is 22.3 Å². The summed E-state index contributed by atoms with van der Waals surface area (Å²) in [5, 5.41) is 3.01. The second-order valence-electron chi connectivity index (χ2n) is 6.64. The van der Waals surface area contributed by atoms with E-state index in [1.165, 1.54) is 0 Å². The van der Waals surface area contributed by atoms with Crippen molar-refractivity contribution in [2.45, 2.75) is 27.7 Å². The van der Waals surface area contributed by atoms with Crippen LogP contribution < -0.4 is 14.1 Å². The quantitative estimate of drug-likeness (QED) is 0.489. The van der Waals surface area contributed by atoms with Crippen molar-refractivity contribution >= 4 is 13.4 Å². The van der Waals surface area contributed by atoms with E-state index in [0.29, 0.717) is 17.2 Å². The standard InChI is InChI=1S/C22H24NO3P/c1-16-13-14-19(4)22(15-16)26-27(24,23-20-11-7-5-9-17(20)2)25-21-12-8-6-10-18(21)3/h5-15H,1-4H3,(H,23,24)/t27-/m0/s1. The fraction of sp³-hybridized carbons (Fsp3) is 0.182. The van der Waals surface area contributed by atoms with Crippen LogP contribution in [0.2, 0.25) is 0 Å². The van der Waals surface area contributed by atoms with Gasteiger partial charge in [0.15, 0.2) is 0 Å². The zero-order chi connectivity index (χ0) is 19.4. The molecule has 0 heterocycles. The van der Waals surface area contributed by atoms with Crippen LogP contribution in [0.15, 0.2) is 66.7 Å². The highest BCUT2D eigenvalue weighted by atomic mass is 31.2. The van der Waals surface area contributed by atoms with E-state index in [4.69, 9.17) is 9.05 Å². The van der Waals surface area contributed by atoms with E-state index in [1.807, 2.05) is 88.4 Å². The molecule has 3 rings (SSSR count). The molecule has 0 saturated carbocycles. The molecule has 0 spiro atoms. The Morgan fingerprint density at radius 2 is 1.30 bits per heavy atom. The third kappa shape index (κ3) is 4.72. The first-order valence-corrected chi connectivity index (χ1v) is 10.4. The van der Waals surface area contributed by atoms with E-state index in [0.717, 1.165) is 22.3 Å². The minimum atomic E-state index is -3.74. The fourth-order valence-corrected chi connectivity index (χ4v) is 4.23. The van der Waals surface area contributed by atoms with Crippen LogP contribution >= 0.6 is 7.75 Å². The predicted octanol–water partition coefficient (Wildman–Crippen LogP) is 6.60. The predicted molar refractivity (Wildman–Crippen MR) is 111 cm³/mol. The molecule has 1 N–H and O–H groups in total. The molecule has 0 aromatic heterocycles. The summed E-state index contributed by atoms with van der Waals surface area (Å²) in [6, 6.07) is 20.9. The first kappa shape index (κ1) is 19.1. The van der Waals surface area contributed by atoms with Gasteiger partial charge < -0.3 is 9.05 Å². The molecule has 0 saturated heterocycles. The largest absolute Gasteiger partial charge is 0.541 e. The van der Waals surface area contributed by atoms with E-state index in [9.17, 15) is 4.57 Å². The molecule has 0 radical (unpaired) electrons. The molecule has 4 nitrogen and oxygen atoms in total. The lowest BCUT2D eigenvalue weighted by Gasteiger charge is -2.23. The Bertz CT molecular complexity index is 949. The minimum absolute atomic E-state index is 0.521. The summed E-state index contributed by atoms with van der Waals surface area (Å²) >= 11 is 0. The highest BCUT2D eigenvalue weighted by Crippen LogP contribution is 2.50. The van der Waals surface area contributed by atoms with Gasteiger partial charge >= 0.3 is 7.75 Å². The summed E-state index contributed by atoms with van der Waals surface area (Å²) < 4.78 is 25.6. The average Bonchev–Trinajstić information content (AvgIpc) is 2.62. The van der Waals surface area contributed by atoms with Gasteiger partial charge in [0.2, 0.25) is 0 Å². The summed E-state index contributed by atoms with van der Waals surface area (Å²) in [6.07, 6.45) is 0. The molecule has 3 aromatic carbocycles. The van der Waals surface area contributed by atoms with E-state index in [-0.39, 0.29) is 0 Å². The Balaban J connectivity index is 2.00. The van der Waals surface area contributed by atoms with Crippen LogP contribution in [-0.4, -0.2) is 0 Å². The fourth-order valence-electron chi connectivity index (χ4n) is 2.63. The van der Waals surface area contributed by atoms with Gasteiger partial charge in [-0.25, -0.2) is 4.57 Å². The lowest BCUT2D eigenvalue weighted by atomic mass is 10.1. The SMILES string of the molecule is Cc1ccc(C)c(O[P@](=O)(Nc2ccccc2C)Oc2ccccc2C)c1. The van der Waals surface area contributed by atoms with Crippen LogP contribution in [-0.2, 0) is 4.57 Å². The van der Waals surface area contributed by atoms with Crippen LogP contribution in [0.25, 0.3) is 0 Å². The van der Waals surface area contributed by atoms with E-state index in [1.54, 1.807) is 6.07 Å². The third-order valence-corrected chi connectivity index (χ3v) is 5.67. The van der Waals surface area contributed by atoms with Gasteiger partial charge in [-0.1, -0.05) is 48.5 Å². The molecule has 0 aliphatic heterocycles. The Labute approximate surface area is 160 Å². The van der Waals surface area contributed by atoms with Crippen molar-refractivity contribution in [1.82, 2.24) is 0 Å². The van der Waals surface area contributed by atoms with Crippen molar-refractivity contribution in [2.24, 2.45) is 0 Å². The van der Waals surface area contributed by atoms with Gasteiger partial charge in [0.05, 0.1) is 0 Å². The normalized spacial score (nSPS) is 12.9. The molecule has 27 heavy (non-hydrogen) atoms. The average molecular weight is 381 g/mol. The molecule has 1 atom stereocenters. The second-order valence-corrected chi connectivity index (χ2v) is 8.22. The highest BCUT2D eigenvalue weighted by molar-refractivity contribution is 7.56. The molecule has 140 valence electrons. The smallest absolute Gasteiger partial charge is 0.400 e. The van der Waals surface area contributed by atoms with Crippen molar-refractivity contribution in [3.05, 3.63) is 89.0 Å². The highest BCUT2D eigenvalue weighted by Gasteiger charge is 2.30. The lowest BCUT2D eigenvalue weighted by molar-refractivity contribution is 0.390. The van der Waals surface area contributed by atoms with Crippen molar-refractivity contribution in [1.29, 1.82) is 0 Å². The monoisotopic (exact) mass is 381 g/mol. The molecule has 0 aliphatic carbocycles. The van der Waals surface area contributed by atoms with Crippen LogP contribution in [0.3, 0.4) is 0 Å². The minimum Gasteiger partial charge on any atom is -0.400 e. The maximum absolute atomic E-state index is 13.7. The third-order valence-electron chi connectivity index (χ3n) is 4.28. The van der Waals surface area contributed by atoms with Crippen LogP contribution in [0.4, 0.5) is 5.69 Å². The van der Waals surface area contributed by atoms with Gasteiger partial charge in [-0.05, 0) is 68.1 Å². The molecule has 0 aliphatic rings. The number of aryl methyl sites for hydroxylation is 4. The Morgan fingerprint density at radius 3 is 2.00 bits per heavy atom. The van der Waals surface area contributed by atoms with Crippen molar-refractivity contribution in [2.75, 3.05) is 5.09 Å². The maximum Gasteiger partial charge on any atom is 0.541 e. The summed E-state index contributed by atoms with van der Waals surface area (Å²) in [6.45, 7) is 7.73. The molecule has 0 amide bonds. The van der Waals surface area contributed by atoms with Gasteiger partial charge in [0.25, 0.3) is 0 Å². The van der Waals surface area contributed by atoms with Crippen molar-refractivity contribution in [3.8, 4) is 11.5 Å². The summed E-state index contributed by atoms with van der Waals surface area (Å²) in [4.78, 5) is 0. The molecule has 0 unspecified atom stereocenters. The summed E-state index contributed by atoms with van der Waals surface area (Å²) in [5.74, 6) is 1.06. The Hall–Kier alpha value is -2.71. The number of rotatable bonds is 6. The number of hydrogen-bond donors (Lipinski definition) is 1. The van der Waals surface area contributed by atoms with Gasteiger partial charge in [-0.2, -0.15) is 0 Å². The number of hydrogen-bond acceptors (Lipinski definition) is 3. The van der Waals surface area contributed by atoms with Crippen LogP contribution in [0.5, 0.6) is 11.5 Å². The molecule has 0 bridgehead atoms. The summed E-state index contributed by atoms with van der Waals surface area (Å²) in [7, 11) is -3.74. The first-order chi connectivity index (χ1) is 12.9. The van der Waals surface area contributed by atoms with Gasteiger partial charge in [-0.3, -0.25) is 5.09 Å². The summed E-state index contributed by atoms with van der Waals surface area (Å²) in [5.41, 5.74) is 4.46.